The van der Waals surface area contributed by atoms with Gasteiger partial charge in [0.25, 0.3) is 5.56 Å². The minimum atomic E-state index is -0.426. The van der Waals surface area contributed by atoms with Gasteiger partial charge in [-0.05, 0) is 30.5 Å². The lowest BCUT2D eigenvalue weighted by Crippen LogP contribution is -2.24. The number of rotatable bonds is 6. The number of nitrogens with two attached hydrogens (primary N) is 1. The molecule has 5 N–H and O–H groups in total. The van der Waals surface area contributed by atoms with Crippen LogP contribution >= 0.6 is 0 Å². The highest BCUT2D eigenvalue weighted by Gasteiger charge is 2.20. The highest BCUT2D eigenvalue weighted by Crippen LogP contribution is 2.24. The lowest BCUT2D eigenvalue weighted by Gasteiger charge is -2.17. The second kappa shape index (κ2) is 7.34. The van der Waals surface area contributed by atoms with Gasteiger partial charge in [-0.1, -0.05) is 31.0 Å². The summed E-state index contributed by atoms with van der Waals surface area (Å²) in [5.41, 5.74) is 7.40. The van der Waals surface area contributed by atoms with Crippen LogP contribution in [0.2, 0.25) is 0 Å². The lowest BCUT2D eigenvalue weighted by molar-refractivity contribution is -0.117. The molecule has 25 heavy (non-hydrogen) atoms. The summed E-state index contributed by atoms with van der Waals surface area (Å²) in [4.78, 5) is 26.2. The van der Waals surface area contributed by atoms with Crippen LogP contribution in [0.4, 0.5) is 5.69 Å². The number of benzene rings is 1. The molecule has 1 aromatic heterocycles. The van der Waals surface area contributed by atoms with Crippen LogP contribution in [0, 0.1) is 5.41 Å². The first-order valence-corrected chi connectivity index (χ1v) is 8.49. The third-order valence-electron chi connectivity index (χ3n) is 4.52. The first-order chi connectivity index (χ1) is 12.0. The Morgan fingerprint density at radius 3 is 2.76 bits per heavy atom. The van der Waals surface area contributed by atoms with Crippen LogP contribution in [0.25, 0.3) is 0 Å². The number of aromatic nitrogens is 1. The fraction of sp³-hybridized carbons (Fsp3) is 0.316. The second-order valence-corrected chi connectivity index (χ2v) is 6.44. The number of carbonyl (C=O) groups excluding carboxylic acids is 1. The van der Waals surface area contributed by atoms with E-state index in [0.29, 0.717) is 22.9 Å². The fourth-order valence-electron chi connectivity index (χ4n) is 3.32. The minimum absolute atomic E-state index is 0.111. The van der Waals surface area contributed by atoms with Crippen molar-refractivity contribution in [3.8, 4) is 0 Å². The van der Waals surface area contributed by atoms with Crippen molar-refractivity contribution in [3.05, 3.63) is 63.6 Å². The highest BCUT2D eigenvalue weighted by atomic mass is 16.1. The molecule has 2 aromatic rings. The van der Waals surface area contributed by atoms with Crippen molar-refractivity contribution in [1.29, 1.82) is 5.41 Å². The third-order valence-corrected chi connectivity index (χ3v) is 4.52. The van der Waals surface area contributed by atoms with Crippen LogP contribution in [0.1, 0.15) is 42.4 Å². The summed E-state index contributed by atoms with van der Waals surface area (Å²) < 4.78 is 0. The molecular formula is C19H22N4O2. The molecule has 0 saturated heterocycles. The Bertz CT molecular complexity index is 850. The van der Waals surface area contributed by atoms with Gasteiger partial charge < -0.3 is 16.0 Å². The molecule has 1 heterocycles. The normalized spacial score (nSPS) is 14.4. The Labute approximate surface area is 146 Å². The quantitative estimate of drug-likeness (QED) is 0.606. The summed E-state index contributed by atoms with van der Waals surface area (Å²) in [6, 6.07) is 9.20. The molecule has 1 amide bonds. The number of H-pyrrole nitrogens is 1. The summed E-state index contributed by atoms with van der Waals surface area (Å²) >= 11 is 0. The van der Waals surface area contributed by atoms with Crippen LogP contribution in [0.5, 0.6) is 0 Å². The van der Waals surface area contributed by atoms with Gasteiger partial charge in [0, 0.05) is 17.8 Å². The maximum atomic E-state index is 12.4. The van der Waals surface area contributed by atoms with Crippen LogP contribution in [0.15, 0.2) is 41.3 Å². The smallest absolute Gasteiger partial charge is 0.259 e. The van der Waals surface area contributed by atoms with Crippen molar-refractivity contribution in [3.63, 3.8) is 0 Å². The van der Waals surface area contributed by atoms with Crippen LogP contribution in [0.3, 0.4) is 0 Å². The third kappa shape index (κ3) is 3.96. The zero-order valence-electron chi connectivity index (χ0n) is 14.0. The number of amides is 1. The van der Waals surface area contributed by atoms with E-state index in [2.05, 4.69) is 10.3 Å². The average molecular weight is 338 g/mol. The number of hydrogen-bond donors (Lipinski definition) is 4. The Morgan fingerprint density at radius 2 is 2.04 bits per heavy atom. The van der Waals surface area contributed by atoms with Gasteiger partial charge in [0.1, 0.15) is 0 Å². The Balaban J connectivity index is 1.93. The standard InChI is InChI=1S/C19H22N4O2/c20-16(24)11-12-4-3-5-13(10-12)18(21)17-15(8-9-22-19(17)25)23-14-6-1-2-7-14/h3-5,8-10,14,21H,1-2,6-7,11H2,(H2,20,24)(H2,22,23,25). The highest BCUT2D eigenvalue weighted by molar-refractivity contribution is 6.13. The van der Waals surface area contributed by atoms with Gasteiger partial charge in [0.05, 0.1) is 23.4 Å². The molecule has 0 spiro atoms. The average Bonchev–Trinajstić information content (AvgIpc) is 3.07. The zero-order chi connectivity index (χ0) is 17.8. The first kappa shape index (κ1) is 17.0. The summed E-state index contributed by atoms with van der Waals surface area (Å²) in [7, 11) is 0. The van der Waals surface area contributed by atoms with Crippen molar-refractivity contribution >= 4 is 17.3 Å². The van der Waals surface area contributed by atoms with Gasteiger partial charge in [-0.2, -0.15) is 0 Å². The first-order valence-electron chi connectivity index (χ1n) is 8.49. The van der Waals surface area contributed by atoms with E-state index in [0.717, 1.165) is 18.4 Å². The van der Waals surface area contributed by atoms with E-state index in [9.17, 15) is 9.59 Å². The molecule has 0 radical (unpaired) electrons. The lowest BCUT2D eigenvalue weighted by atomic mass is 9.99. The van der Waals surface area contributed by atoms with Gasteiger partial charge >= 0.3 is 0 Å². The molecule has 1 fully saturated rings. The van der Waals surface area contributed by atoms with E-state index < -0.39 is 5.91 Å². The van der Waals surface area contributed by atoms with Crippen LogP contribution in [-0.4, -0.2) is 22.6 Å². The monoisotopic (exact) mass is 338 g/mol. The SMILES string of the molecule is N=C(c1cccc(CC(N)=O)c1)c1c(NC2CCCC2)cc[nH]c1=O. The van der Waals surface area contributed by atoms with Crippen molar-refractivity contribution in [1.82, 2.24) is 4.98 Å². The number of primary amides is 1. The van der Waals surface area contributed by atoms with E-state index in [-0.39, 0.29) is 17.7 Å². The van der Waals surface area contributed by atoms with E-state index in [4.69, 9.17) is 11.1 Å². The maximum absolute atomic E-state index is 12.4. The number of carbonyl (C=O) groups is 1. The Kier molecular flexibility index (Phi) is 4.97. The Hall–Kier alpha value is -2.89. The number of hydrogen-bond acceptors (Lipinski definition) is 4. The molecule has 6 nitrogen and oxygen atoms in total. The minimum Gasteiger partial charge on any atom is -0.382 e. The van der Waals surface area contributed by atoms with Crippen molar-refractivity contribution in [2.45, 2.75) is 38.1 Å². The molecule has 3 rings (SSSR count). The van der Waals surface area contributed by atoms with E-state index in [1.807, 2.05) is 0 Å². The molecule has 1 aliphatic carbocycles. The maximum Gasteiger partial charge on any atom is 0.259 e. The molecule has 1 aromatic carbocycles. The van der Waals surface area contributed by atoms with Crippen molar-refractivity contribution in [2.24, 2.45) is 5.73 Å². The molecule has 0 bridgehead atoms. The molecule has 1 saturated carbocycles. The number of pyridine rings is 1. The number of nitrogens with one attached hydrogen (secondary N) is 3. The zero-order valence-corrected chi connectivity index (χ0v) is 14.0. The van der Waals surface area contributed by atoms with Crippen molar-refractivity contribution < 1.29 is 4.79 Å². The molecule has 0 unspecified atom stereocenters. The van der Waals surface area contributed by atoms with Gasteiger partial charge in [0.2, 0.25) is 5.91 Å². The molecule has 0 atom stereocenters. The second-order valence-electron chi connectivity index (χ2n) is 6.44. The van der Waals surface area contributed by atoms with Crippen LogP contribution < -0.4 is 16.6 Å². The summed E-state index contributed by atoms with van der Waals surface area (Å²) in [5, 5.41) is 11.9. The predicted octanol–water partition coefficient (Wildman–Crippen LogP) is 2.17. The largest absolute Gasteiger partial charge is 0.382 e. The summed E-state index contributed by atoms with van der Waals surface area (Å²) in [6.07, 6.45) is 6.23. The Morgan fingerprint density at radius 1 is 1.28 bits per heavy atom. The summed E-state index contributed by atoms with van der Waals surface area (Å²) in [6.45, 7) is 0. The van der Waals surface area contributed by atoms with Gasteiger partial charge in [-0.3, -0.25) is 15.0 Å². The molecule has 6 heteroatoms. The molecular weight excluding hydrogens is 316 g/mol. The topological polar surface area (TPSA) is 112 Å². The van der Waals surface area contributed by atoms with Gasteiger partial charge in [0.15, 0.2) is 0 Å². The molecule has 130 valence electrons. The van der Waals surface area contributed by atoms with Crippen LogP contribution in [-0.2, 0) is 11.2 Å². The predicted molar refractivity (Wildman–Crippen MR) is 98.2 cm³/mol. The van der Waals surface area contributed by atoms with E-state index in [1.165, 1.54) is 12.8 Å². The number of aromatic amines is 1. The van der Waals surface area contributed by atoms with E-state index >= 15 is 0 Å². The van der Waals surface area contributed by atoms with Gasteiger partial charge in [-0.15, -0.1) is 0 Å². The molecule has 0 aliphatic heterocycles. The number of anilines is 1. The fourth-order valence-corrected chi connectivity index (χ4v) is 3.32. The van der Waals surface area contributed by atoms with E-state index in [1.54, 1.807) is 36.5 Å². The molecule has 1 aliphatic rings. The van der Waals surface area contributed by atoms with Crippen molar-refractivity contribution in [2.75, 3.05) is 5.32 Å². The summed E-state index contributed by atoms with van der Waals surface area (Å²) in [5.74, 6) is -0.426. The van der Waals surface area contributed by atoms with Gasteiger partial charge in [-0.25, -0.2) is 0 Å².